The van der Waals surface area contributed by atoms with E-state index in [9.17, 15) is 9.90 Å². The molecule has 0 aliphatic rings. The van der Waals surface area contributed by atoms with Gasteiger partial charge >= 0.3 is 5.97 Å². The molecule has 0 spiro atoms. The zero-order valence-corrected chi connectivity index (χ0v) is 10.6. The maximum atomic E-state index is 11.0. The first-order valence-corrected chi connectivity index (χ1v) is 5.94. The number of carboxylic acid groups (broad SMARTS) is 1. The molecular weight excluding hydrogens is 258 g/mol. The highest BCUT2D eigenvalue weighted by Crippen LogP contribution is 2.31. The van der Waals surface area contributed by atoms with Crippen molar-refractivity contribution in [2.45, 2.75) is 0 Å². The van der Waals surface area contributed by atoms with E-state index >= 15 is 0 Å². The van der Waals surface area contributed by atoms with Gasteiger partial charge in [0.15, 0.2) is 0 Å². The molecule has 0 aliphatic heterocycles. The number of ether oxygens (including phenoxy) is 1. The predicted octanol–water partition coefficient (Wildman–Crippen LogP) is 2.80. The minimum atomic E-state index is -1.17. The van der Waals surface area contributed by atoms with Crippen molar-refractivity contribution in [2.75, 3.05) is 7.11 Å². The summed E-state index contributed by atoms with van der Waals surface area (Å²) in [5, 5.41) is 20.3. The van der Waals surface area contributed by atoms with Gasteiger partial charge in [0.1, 0.15) is 17.1 Å². The Morgan fingerprint density at radius 1 is 1.15 bits per heavy atom. The molecule has 3 aromatic rings. The number of carboxylic acids is 1. The van der Waals surface area contributed by atoms with Crippen LogP contribution in [0.4, 0.5) is 0 Å². The molecule has 0 saturated carbocycles. The summed E-state index contributed by atoms with van der Waals surface area (Å²) in [5.74, 6) is -0.769. The Balaban J connectivity index is 2.36. The van der Waals surface area contributed by atoms with Crippen LogP contribution in [0.2, 0.25) is 0 Å². The third kappa shape index (κ3) is 1.80. The van der Waals surface area contributed by atoms with Gasteiger partial charge in [0, 0.05) is 10.8 Å². The van der Waals surface area contributed by atoms with E-state index in [1.54, 1.807) is 31.4 Å². The van der Waals surface area contributed by atoms with Gasteiger partial charge in [-0.2, -0.15) is 0 Å². The Kier molecular flexibility index (Phi) is 2.68. The number of pyridine rings is 1. The van der Waals surface area contributed by atoms with E-state index in [2.05, 4.69) is 4.98 Å². The molecule has 100 valence electrons. The molecule has 0 unspecified atom stereocenters. The number of hydrogen-bond acceptors (Lipinski definition) is 4. The Morgan fingerprint density at radius 2 is 1.90 bits per heavy atom. The maximum absolute atomic E-state index is 11.0. The van der Waals surface area contributed by atoms with Crippen molar-refractivity contribution in [1.29, 1.82) is 0 Å². The van der Waals surface area contributed by atoms with Crippen LogP contribution in [0.5, 0.6) is 11.5 Å². The van der Waals surface area contributed by atoms with Crippen LogP contribution in [0.15, 0.2) is 36.4 Å². The van der Waals surface area contributed by atoms with Gasteiger partial charge < -0.3 is 14.9 Å². The molecule has 0 aliphatic carbocycles. The lowest BCUT2D eigenvalue weighted by Crippen LogP contribution is -1.97. The second kappa shape index (κ2) is 4.38. The summed E-state index contributed by atoms with van der Waals surface area (Å²) in [6.07, 6.45) is 0. The third-order valence-electron chi connectivity index (χ3n) is 3.20. The van der Waals surface area contributed by atoms with Gasteiger partial charge in [-0.3, -0.25) is 0 Å². The number of benzene rings is 2. The highest BCUT2D eigenvalue weighted by atomic mass is 16.5. The molecule has 0 amide bonds. The minimum Gasteiger partial charge on any atom is -0.506 e. The molecule has 3 rings (SSSR count). The number of hydrogen-bond donors (Lipinski definition) is 2. The smallest absolute Gasteiger partial charge is 0.339 e. The van der Waals surface area contributed by atoms with Crippen LogP contribution in [0, 0.1) is 0 Å². The first-order chi connectivity index (χ1) is 9.60. The fourth-order valence-corrected chi connectivity index (χ4v) is 2.17. The van der Waals surface area contributed by atoms with Crippen molar-refractivity contribution in [1.82, 2.24) is 4.98 Å². The summed E-state index contributed by atoms with van der Waals surface area (Å²) < 4.78 is 5.14. The van der Waals surface area contributed by atoms with Crippen molar-refractivity contribution in [3.8, 4) is 11.5 Å². The zero-order valence-electron chi connectivity index (χ0n) is 10.6. The molecule has 0 radical (unpaired) electrons. The Labute approximate surface area is 114 Å². The lowest BCUT2D eigenvalue weighted by Gasteiger charge is -2.07. The predicted molar refractivity (Wildman–Crippen MR) is 74.4 cm³/mol. The molecule has 0 fully saturated rings. The van der Waals surface area contributed by atoms with E-state index in [0.717, 1.165) is 10.9 Å². The lowest BCUT2D eigenvalue weighted by molar-refractivity contribution is 0.0694. The Hall–Kier alpha value is -2.82. The first-order valence-electron chi connectivity index (χ1n) is 5.94. The molecule has 1 aromatic heterocycles. The second-order valence-corrected chi connectivity index (χ2v) is 4.38. The average Bonchev–Trinajstić information content (AvgIpc) is 2.45. The molecule has 0 saturated heterocycles. The number of phenols is 1. The van der Waals surface area contributed by atoms with Crippen LogP contribution >= 0.6 is 0 Å². The maximum Gasteiger partial charge on any atom is 0.339 e. The highest BCUT2D eigenvalue weighted by Gasteiger charge is 2.14. The molecule has 5 heteroatoms. The van der Waals surface area contributed by atoms with Gasteiger partial charge in [-0.1, -0.05) is 0 Å². The van der Waals surface area contributed by atoms with Gasteiger partial charge in [0.05, 0.1) is 18.1 Å². The van der Waals surface area contributed by atoms with Crippen molar-refractivity contribution >= 4 is 27.8 Å². The molecule has 5 nitrogen and oxygen atoms in total. The van der Waals surface area contributed by atoms with E-state index in [-0.39, 0.29) is 11.3 Å². The SMILES string of the molecule is COc1ccc2nc3ccc(C(=O)O)c(O)c3cc2c1. The van der Waals surface area contributed by atoms with Crippen molar-refractivity contribution in [2.24, 2.45) is 0 Å². The molecule has 1 heterocycles. The number of methoxy groups -OCH3 is 1. The van der Waals surface area contributed by atoms with Crippen LogP contribution < -0.4 is 4.74 Å². The summed E-state index contributed by atoms with van der Waals surface area (Å²) in [4.78, 5) is 15.4. The summed E-state index contributed by atoms with van der Waals surface area (Å²) >= 11 is 0. The molecule has 20 heavy (non-hydrogen) atoms. The van der Waals surface area contributed by atoms with Gasteiger partial charge in [-0.05, 0) is 36.4 Å². The third-order valence-corrected chi connectivity index (χ3v) is 3.20. The number of fused-ring (bicyclic) bond motifs is 2. The summed E-state index contributed by atoms with van der Waals surface area (Å²) in [7, 11) is 1.57. The number of aromatic carboxylic acids is 1. The van der Waals surface area contributed by atoms with Crippen LogP contribution in [0.3, 0.4) is 0 Å². The highest BCUT2D eigenvalue weighted by molar-refractivity contribution is 6.02. The summed E-state index contributed by atoms with van der Waals surface area (Å²) in [5.41, 5.74) is 1.16. The summed E-state index contributed by atoms with van der Waals surface area (Å²) in [6, 6.07) is 10.0. The standard InChI is InChI=1S/C15H11NO4/c1-20-9-2-4-12-8(6-9)7-11-13(16-12)5-3-10(14(11)17)15(18)19/h2-7,17H,1H3,(H,18,19). The average molecular weight is 269 g/mol. The summed E-state index contributed by atoms with van der Waals surface area (Å²) in [6.45, 7) is 0. The van der Waals surface area contributed by atoms with Gasteiger partial charge in [0.2, 0.25) is 0 Å². The molecular formula is C15H11NO4. The quantitative estimate of drug-likeness (QED) is 0.699. The van der Waals surface area contributed by atoms with E-state index in [1.165, 1.54) is 6.07 Å². The topological polar surface area (TPSA) is 79.7 Å². The van der Waals surface area contributed by atoms with Crippen LogP contribution in [-0.4, -0.2) is 28.3 Å². The van der Waals surface area contributed by atoms with Gasteiger partial charge in [-0.15, -0.1) is 0 Å². The number of rotatable bonds is 2. The molecule has 0 atom stereocenters. The Bertz CT molecular complexity index is 842. The molecule has 2 N–H and O–H groups in total. The fraction of sp³-hybridized carbons (Fsp3) is 0.0667. The van der Waals surface area contributed by atoms with Crippen molar-refractivity contribution in [3.05, 3.63) is 42.0 Å². The lowest BCUT2D eigenvalue weighted by atomic mass is 10.1. The minimum absolute atomic E-state index is 0.137. The van der Waals surface area contributed by atoms with E-state index < -0.39 is 5.97 Å². The Morgan fingerprint density at radius 3 is 2.60 bits per heavy atom. The number of aromatic nitrogens is 1. The zero-order chi connectivity index (χ0) is 14.3. The van der Waals surface area contributed by atoms with E-state index in [4.69, 9.17) is 9.84 Å². The number of carbonyl (C=O) groups is 1. The van der Waals surface area contributed by atoms with E-state index in [0.29, 0.717) is 16.7 Å². The van der Waals surface area contributed by atoms with Crippen LogP contribution in [0.1, 0.15) is 10.4 Å². The van der Waals surface area contributed by atoms with Gasteiger partial charge in [-0.25, -0.2) is 9.78 Å². The normalized spacial score (nSPS) is 10.8. The van der Waals surface area contributed by atoms with E-state index in [1.807, 2.05) is 6.07 Å². The van der Waals surface area contributed by atoms with Crippen molar-refractivity contribution in [3.63, 3.8) is 0 Å². The monoisotopic (exact) mass is 269 g/mol. The van der Waals surface area contributed by atoms with Crippen molar-refractivity contribution < 1.29 is 19.7 Å². The number of nitrogens with zero attached hydrogens (tertiary/aromatic N) is 1. The second-order valence-electron chi connectivity index (χ2n) is 4.38. The van der Waals surface area contributed by atoms with Crippen LogP contribution in [0.25, 0.3) is 21.8 Å². The van der Waals surface area contributed by atoms with Gasteiger partial charge in [0.25, 0.3) is 0 Å². The molecule has 2 aromatic carbocycles. The number of aromatic hydroxyl groups is 1. The largest absolute Gasteiger partial charge is 0.506 e. The first kappa shape index (κ1) is 12.2. The fourth-order valence-electron chi connectivity index (χ4n) is 2.17. The van der Waals surface area contributed by atoms with Crippen LogP contribution in [-0.2, 0) is 0 Å². The molecule has 0 bridgehead atoms.